The molecule has 1 saturated heterocycles. The van der Waals surface area contributed by atoms with Gasteiger partial charge >= 0.3 is 6.18 Å². The summed E-state index contributed by atoms with van der Waals surface area (Å²) in [5.74, 6) is -1.20. The summed E-state index contributed by atoms with van der Waals surface area (Å²) in [5, 5.41) is 38.6. The van der Waals surface area contributed by atoms with Crippen LogP contribution in [0.5, 0.6) is 0 Å². The number of alkyl halides is 3. The van der Waals surface area contributed by atoms with E-state index >= 15 is 0 Å². The van der Waals surface area contributed by atoms with Crippen molar-refractivity contribution < 1.29 is 33.6 Å². The first-order chi connectivity index (χ1) is 10.2. The van der Waals surface area contributed by atoms with E-state index < -0.39 is 36.4 Å². The molecule has 0 unspecified atom stereocenters. The molecule has 1 saturated carbocycles. The van der Waals surface area contributed by atoms with Crippen molar-refractivity contribution in [1.29, 1.82) is 0 Å². The summed E-state index contributed by atoms with van der Waals surface area (Å²) in [5.41, 5.74) is 0. The zero-order valence-electron chi connectivity index (χ0n) is 12.3. The number of rotatable bonds is 3. The molecule has 5 nitrogen and oxygen atoms in total. The van der Waals surface area contributed by atoms with E-state index in [1.54, 1.807) is 4.90 Å². The van der Waals surface area contributed by atoms with Crippen molar-refractivity contribution in [3.05, 3.63) is 0 Å². The van der Waals surface area contributed by atoms with Crippen molar-refractivity contribution >= 4 is 0 Å². The third-order valence-electron chi connectivity index (χ3n) is 5.02. The maximum absolute atomic E-state index is 12.7. The molecule has 0 amide bonds. The summed E-state index contributed by atoms with van der Waals surface area (Å²) < 4.78 is 38.0. The maximum atomic E-state index is 12.7. The SMILES string of the molecule is OC[C@H]1[C@@H](O)[C@H](O)[C@@H](O)CN1CC1CCC(C(F)(F)F)CC1. The Kier molecular flexibility index (Phi) is 5.71. The number of aliphatic hydroxyl groups excluding tert-OH is 4. The summed E-state index contributed by atoms with van der Waals surface area (Å²) in [6.07, 6.45) is -6.76. The molecule has 0 aromatic rings. The van der Waals surface area contributed by atoms with E-state index in [0.29, 0.717) is 19.4 Å². The highest BCUT2D eigenvalue weighted by Crippen LogP contribution is 2.40. The Labute approximate surface area is 127 Å². The Morgan fingerprint density at radius 3 is 2.05 bits per heavy atom. The average Bonchev–Trinajstić information content (AvgIpc) is 2.45. The van der Waals surface area contributed by atoms with E-state index in [0.717, 1.165) is 0 Å². The van der Waals surface area contributed by atoms with Crippen LogP contribution in [0.3, 0.4) is 0 Å². The molecule has 22 heavy (non-hydrogen) atoms. The van der Waals surface area contributed by atoms with Gasteiger partial charge < -0.3 is 20.4 Å². The van der Waals surface area contributed by atoms with Gasteiger partial charge in [0.25, 0.3) is 0 Å². The number of likely N-dealkylation sites (tertiary alicyclic amines) is 1. The van der Waals surface area contributed by atoms with E-state index in [1.165, 1.54) is 0 Å². The highest BCUT2D eigenvalue weighted by molar-refractivity contribution is 4.95. The standard InChI is InChI=1S/C14H24F3NO4/c15-14(16,17)9-3-1-8(2-4-9)5-18-6-11(20)13(22)12(21)10(18)7-19/h8-13,19-22H,1-7H2/t8?,9?,10-,11-,12+,13+/m0/s1. The number of aliphatic hydroxyl groups is 4. The fraction of sp³-hybridized carbons (Fsp3) is 1.00. The summed E-state index contributed by atoms with van der Waals surface area (Å²) in [4.78, 5) is 1.68. The smallest absolute Gasteiger partial charge is 0.391 e. The normalized spacial score (nSPS) is 41.6. The van der Waals surface area contributed by atoms with Gasteiger partial charge in [-0.05, 0) is 31.6 Å². The Hall–Kier alpha value is -0.410. The molecule has 2 fully saturated rings. The lowest BCUT2D eigenvalue weighted by Crippen LogP contribution is -2.63. The molecule has 4 atom stereocenters. The lowest BCUT2D eigenvalue weighted by Gasteiger charge is -2.45. The molecule has 8 heteroatoms. The molecule has 0 aromatic heterocycles. The van der Waals surface area contributed by atoms with Gasteiger partial charge in [-0.25, -0.2) is 0 Å². The van der Waals surface area contributed by atoms with Crippen LogP contribution in [-0.2, 0) is 0 Å². The van der Waals surface area contributed by atoms with Crippen LogP contribution >= 0.6 is 0 Å². The quantitative estimate of drug-likeness (QED) is 0.592. The van der Waals surface area contributed by atoms with Gasteiger partial charge in [0, 0.05) is 13.1 Å². The van der Waals surface area contributed by atoms with Crippen molar-refractivity contribution in [2.24, 2.45) is 11.8 Å². The molecule has 130 valence electrons. The van der Waals surface area contributed by atoms with Gasteiger partial charge in [0.2, 0.25) is 0 Å². The number of nitrogens with zero attached hydrogens (tertiary/aromatic N) is 1. The molecule has 0 aromatic carbocycles. The molecule has 1 aliphatic carbocycles. The second-order valence-electron chi connectivity index (χ2n) is 6.51. The first kappa shape index (κ1) is 17.9. The van der Waals surface area contributed by atoms with E-state index in [4.69, 9.17) is 0 Å². The van der Waals surface area contributed by atoms with Crippen LogP contribution in [0.2, 0.25) is 0 Å². The van der Waals surface area contributed by atoms with Crippen molar-refractivity contribution in [2.45, 2.75) is 56.2 Å². The zero-order chi connectivity index (χ0) is 16.5. The van der Waals surface area contributed by atoms with Crippen LogP contribution in [0.4, 0.5) is 13.2 Å². The van der Waals surface area contributed by atoms with Gasteiger partial charge in [-0.3, -0.25) is 4.90 Å². The minimum absolute atomic E-state index is 0.0438. The van der Waals surface area contributed by atoms with Crippen molar-refractivity contribution in [3.8, 4) is 0 Å². The highest BCUT2D eigenvalue weighted by atomic mass is 19.4. The molecular weight excluding hydrogens is 303 g/mol. The number of halogens is 3. The summed E-state index contributed by atoms with van der Waals surface area (Å²) in [7, 11) is 0. The third kappa shape index (κ3) is 3.91. The lowest BCUT2D eigenvalue weighted by molar-refractivity contribution is -0.185. The molecule has 0 radical (unpaired) electrons. The van der Waals surface area contributed by atoms with Gasteiger partial charge in [-0.2, -0.15) is 13.2 Å². The van der Waals surface area contributed by atoms with E-state index in [1.807, 2.05) is 0 Å². The van der Waals surface area contributed by atoms with E-state index in [9.17, 15) is 33.6 Å². The predicted molar refractivity (Wildman–Crippen MR) is 72.0 cm³/mol. The lowest BCUT2D eigenvalue weighted by atomic mass is 9.80. The molecule has 0 spiro atoms. The van der Waals surface area contributed by atoms with Gasteiger partial charge in [0.05, 0.1) is 24.7 Å². The topological polar surface area (TPSA) is 84.2 Å². The van der Waals surface area contributed by atoms with Crippen LogP contribution in [0, 0.1) is 11.8 Å². The minimum Gasteiger partial charge on any atom is -0.395 e. The van der Waals surface area contributed by atoms with Crippen LogP contribution in [0.1, 0.15) is 25.7 Å². The fourth-order valence-electron chi connectivity index (χ4n) is 3.59. The van der Waals surface area contributed by atoms with E-state index in [-0.39, 0.29) is 31.9 Å². The van der Waals surface area contributed by atoms with Crippen LogP contribution < -0.4 is 0 Å². The predicted octanol–water partition coefficient (Wildman–Crippen LogP) is 0.114. The molecule has 2 aliphatic rings. The molecule has 2 rings (SSSR count). The molecule has 0 bridgehead atoms. The van der Waals surface area contributed by atoms with Crippen molar-refractivity contribution in [2.75, 3.05) is 19.7 Å². The van der Waals surface area contributed by atoms with E-state index in [2.05, 4.69) is 0 Å². The number of hydrogen-bond acceptors (Lipinski definition) is 5. The van der Waals surface area contributed by atoms with Crippen LogP contribution in [0.15, 0.2) is 0 Å². The Balaban J connectivity index is 1.90. The Bertz CT molecular complexity index is 360. The summed E-state index contributed by atoms with van der Waals surface area (Å²) >= 11 is 0. The van der Waals surface area contributed by atoms with Gasteiger partial charge in [-0.15, -0.1) is 0 Å². The Morgan fingerprint density at radius 2 is 1.55 bits per heavy atom. The summed E-state index contributed by atoms with van der Waals surface area (Å²) in [6.45, 7) is 0.141. The fourth-order valence-corrected chi connectivity index (χ4v) is 3.59. The summed E-state index contributed by atoms with van der Waals surface area (Å²) in [6, 6.07) is -0.696. The minimum atomic E-state index is -4.14. The van der Waals surface area contributed by atoms with Gasteiger partial charge in [0.1, 0.15) is 12.2 Å². The number of β-amino-alcohol motifs (C(OH)–C–C–N with tert-alkyl or cyclic N) is 1. The first-order valence-electron chi connectivity index (χ1n) is 7.69. The largest absolute Gasteiger partial charge is 0.395 e. The van der Waals surface area contributed by atoms with Crippen molar-refractivity contribution in [3.63, 3.8) is 0 Å². The number of piperidine rings is 1. The zero-order valence-corrected chi connectivity index (χ0v) is 12.3. The molecule has 1 aliphatic heterocycles. The molecular formula is C14H24F3NO4. The highest BCUT2D eigenvalue weighted by Gasteiger charge is 2.44. The monoisotopic (exact) mass is 327 g/mol. The van der Waals surface area contributed by atoms with Crippen molar-refractivity contribution in [1.82, 2.24) is 4.90 Å². The third-order valence-corrected chi connectivity index (χ3v) is 5.02. The van der Waals surface area contributed by atoms with Crippen LogP contribution in [-0.4, -0.2) is 75.6 Å². The maximum Gasteiger partial charge on any atom is 0.391 e. The Morgan fingerprint density at radius 1 is 0.955 bits per heavy atom. The molecule has 4 N–H and O–H groups in total. The average molecular weight is 327 g/mol. The first-order valence-corrected chi connectivity index (χ1v) is 7.69. The van der Waals surface area contributed by atoms with Gasteiger partial charge in [-0.1, -0.05) is 0 Å². The second kappa shape index (κ2) is 7.00. The molecule has 1 heterocycles. The van der Waals surface area contributed by atoms with Gasteiger partial charge in [0.15, 0.2) is 0 Å². The second-order valence-corrected chi connectivity index (χ2v) is 6.51. The number of hydrogen-bond donors (Lipinski definition) is 4. The van der Waals surface area contributed by atoms with Crippen LogP contribution in [0.25, 0.3) is 0 Å².